The molecular formula is C18H22FNO2. The number of aliphatic hydroxyl groups is 1. The van der Waals surface area contributed by atoms with Crippen molar-refractivity contribution in [3.8, 4) is 17.0 Å². The van der Waals surface area contributed by atoms with Crippen molar-refractivity contribution >= 4 is 0 Å². The van der Waals surface area contributed by atoms with Crippen LogP contribution in [0, 0.1) is 18.2 Å². The lowest BCUT2D eigenvalue weighted by Gasteiger charge is -2.28. The molecule has 1 aromatic carbocycles. The average molecular weight is 303 g/mol. The molecular weight excluding hydrogens is 281 g/mol. The zero-order valence-corrected chi connectivity index (χ0v) is 13.6. The lowest BCUT2D eigenvalue weighted by Crippen LogP contribution is -2.18. The van der Waals surface area contributed by atoms with Gasteiger partial charge >= 0.3 is 0 Å². The van der Waals surface area contributed by atoms with Gasteiger partial charge < -0.3 is 9.84 Å². The molecule has 0 bridgehead atoms. The van der Waals surface area contributed by atoms with Gasteiger partial charge in [0.25, 0.3) is 0 Å². The normalized spacial score (nSPS) is 13.0. The number of methoxy groups -OCH3 is 1. The molecule has 0 fully saturated rings. The lowest BCUT2D eigenvalue weighted by atomic mass is 9.81. The maximum absolute atomic E-state index is 14.2. The van der Waals surface area contributed by atoms with E-state index in [0.717, 1.165) is 11.8 Å². The Labute approximate surface area is 130 Å². The molecule has 1 aromatic heterocycles. The number of aliphatic hydroxyl groups excluding tert-OH is 1. The summed E-state index contributed by atoms with van der Waals surface area (Å²) in [6.07, 6.45) is 0.433. The maximum atomic E-state index is 14.2. The van der Waals surface area contributed by atoms with Crippen molar-refractivity contribution in [3.63, 3.8) is 0 Å². The monoisotopic (exact) mass is 303 g/mol. The largest absolute Gasteiger partial charge is 0.481 e. The number of benzene rings is 1. The van der Waals surface area contributed by atoms with Crippen molar-refractivity contribution < 1.29 is 14.2 Å². The van der Waals surface area contributed by atoms with Crippen LogP contribution in [0.2, 0.25) is 0 Å². The number of hydrogen-bond acceptors (Lipinski definition) is 3. The summed E-state index contributed by atoms with van der Waals surface area (Å²) in [6, 6.07) is 7.19. The van der Waals surface area contributed by atoms with Gasteiger partial charge in [-0.15, -0.1) is 0 Å². The van der Waals surface area contributed by atoms with Gasteiger partial charge in [-0.2, -0.15) is 0 Å². The van der Waals surface area contributed by atoms with Crippen LogP contribution in [0.25, 0.3) is 11.1 Å². The van der Waals surface area contributed by atoms with Crippen LogP contribution < -0.4 is 4.74 Å². The number of hydrogen-bond donors (Lipinski definition) is 1. The van der Waals surface area contributed by atoms with Gasteiger partial charge in [0.1, 0.15) is 5.82 Å². The van der Waals surface area contributed by atoms with E-state index < -0.39 is 11.9 Å². The number of rotatable bonds is 3. The molecule has 2 rings (SSSR count). The standard InChI is InChI=1S/C18H22FNO2/c1-11-6-7-12(14(8-11)17(21)18(2,3)4)13-9-16(22-5)20-10-15(13)19/h6-10,17,21H,1-5H3/t17-/m0/s1. The highest BCUT2D eigenvalue weighted by Gasteiger charge is 2.27. The first-order chi connectivity index (χ1) is 10.2. The highest BCUT2D eigenvalue weighted by molar-refractivity contribution is 5.69. The second-order valence-electron chi connectivity index (χ2n) is 6.57. The van der Waals surface area contributed by atoms with Crippen molar-refractivity contribution in [2.45, 2.75) is 33.8 Å². The lowest BCUT2D eigenvalue weighted by molar-refractivity contribution is 0.0631. The number of nitrogens with zero attached hydrogens (tertiary/aromatic N) is 1. The summed E-state index contributed by atoms with van der Waals surface area (Å²) in [5, 5.41) is 10.7. The van der Waals surface area contributed by atoms with Gasteiger partial charge in [-0.05, 0) is 23.5 Å². The Hall–Kier alpha value is -1.94. The van der Waals surface area contributed by atoms with Gasteiger partial charge in [0.05, 0.1) is 19.4 Å². The summed E-state index contributed by atoms with van der Waals surface area (Å²) in [6.45, 7) is 7.81. The summed E-state index contributed by atoms with van der Waals surface area (Å²) in [5.74, 6) is -0.0971. The van der Waals surface area contributed by atoms with E-state index in [1.165, 1.54) is 7.11 Å². The van der Waals surface area contributed by atoms with Crippen LogP contribution in [-0.2, 0) is 0 Å². The average Bonchev–Trinajstić information content (AvgIpc) is 2.46. The molecule has 1 heterocycles. The molecule has 0 saturated carbocycles. The number of aromatic nitrogens is 1. The summed E-state index contributed by atoms with van der Waals surface area (Å²) in [4.78, 5) is 3.86. The second kappa shape index (κ2) is 6.05. The molecule has 3 nitrogen and oxygen atoms in total. The topological polar surface area (TPSA) is 42.4 Å². The molecule has 0 aliphatic heterocycles. The zero-order chi connectivity index (χ0) is 16.5. The fourth-order valence-corrected chi connectivity index (χ4v) is 2.36. The smallest absolute Gasteiger partial charge is 0.213 e. The third kappa shape index (κ3) is 3.28. The number of aryl methyl sites for hydroxylation is 1. The van der Waals surface area contributed by atoms with E-state index in [9.17, 15) is 9.50 Å². The SMILES string of the molecule is COc1cc(-c2ccc(C)cc2[C@H](O)C(C)(C)C)c(F)cn1. The molecule has 0 amide bonds. The second-order valence-corrected chi connectivity index (χ2v) is 6.57. The highest BCUT2D eigenvalue weighted by atomic mass is 19.1. The predicted octanol–water partition coefficient (Wildman–Crippen LogP) is 4.28. The van der Waals surface area contributed by atoms with Crippen LogP contribution in [0.5, 0.6) is 5.88 Å². The van der Waals surface area contributed by atoms with Crippen LogP contribution in [0.3, 0.4) is 0 Å². The fourth-order valence-electron chi connectivity index (χ4n) is 2.36. The third-order valence-electron chi connectivity index (χ3n) is 3.65. The third-order valence-corrected chi connectivity index (χ3v) is 3.65. The quantitative estimate of drug-likeness (QED) is 0.920. The number of halogens is 1. The molecule has 1 N–H and O–H groups in total. The maximum Gasteiger partial charge on any atom is 0.213 e. The Morgan fingerprint density at radius 3 is 2.45 bits per heavy atom. The first kappa shape index (κ1) is 16.4. The molecule has 0 saturated heterocycles. The Balaban J connectivity index is 2.66. The van der Waals surface area contributed by atoms with Crippen molar-refractivity contribution in [2.24, 2.45) is 5.41 Å². The summed E-state index contributed by atoms with van der Waals surface area (Å²) in [7, 11) is 1.49. The molecule has 0 radical (unpaired) electrons. The minimum atomic E-state index is -0.707. The highest BCUT2D eigenvalue weighted by Crippen LogP contribution is 2.39. The summed E-state index contributed by atoms with van der Waals surface area (Å²) in [5.41, 5.74) is 2.41. The predicted molar refractivity (Wildman–Crippen MR) is 85.3 cm³/mol. The molecule has 22 heavy (non-hydrogen) atoms. The zero-order valence-electron chi connectivity index (χ0n) is 13.6. The molecule has 0 aliphatic carbocycles. The van der Waals surface area contributed by atoms with Gasteiger partial charge in [0.2, 0.25) is 5.88 Å². The van der Waals surface area contributed by atoms with Crippen LogP contribution in [0.15, 0.2) is 30.5 Å². The summed E-state index contributed by atoms with van der Waals surface area (Å²) < 4.78 is 19.3. The van der Waals surface area contributed by atoms with Gasteiger partial charge in [-0.1, -0.05) is 44.5 Å². The van der Waals surface area contributed by atoms with E-state index >= 15 is 0 Å². The van der Waals surface area contributed by atoms with Crippen LogP contribution in [-0.4, -0.2) is 17.2 Å². The van der Waals surface area contributed by atoms with E-state index in [1.807, 2.05) is 45.9 Å². The van der Waals surface area contributed by atoms with Crippen molar-refractivity contribution in [3.05, 3.63) is 47.4 Å². The first-order valence-corrected chi connectivity index (χ1v) is 7.22. The Kier molecular flexibility index (Phi) is 4.52. The van der Waals surface area contributed by atoms with Gasteiger partial charge in [0.15, 0.2) is 0 Å². The number of pyridine rings is 1. The molecule has 2 aromatic rings. The Bertz CT molecular complexity index is 677. The fraction of sp³-hybridized carbons (Fsp3) is 0.389. The summed E-state index contributed by atoms with van der Waals surface area (Å²) >= 11 is 0. The number of ether oxygens (including phenoxy) is 1. The Morgan fingerprint density at radius 2 is 1.86 bits per heavy atom. The van der Waals surface area contributed by atoms with Crippen molar-refractivity contribution in [1.82, 2.24) is 4.98 Å². The molecule has 1 atom stereocenters. The minimum Gasteiger partial charge on any atom is -0.481 e. The van der Waals surface area contributed by atoms with Crippen molar-refractivity contribution in [2.75, 3.05) is 7.11 Å². The molecule has 118 valence electrons. The van der Waals surface area contributed by atoms with Crippen LogP contribution >= 0.6 is 0 Å². The van der Waals surface area contributed by atoms with Crippen molar-refractivity contribution in [1.29, 1.82) is 0 Å². The van der Waals surface area contributed by atoms with Gasteiger partial charge in [0, 0.05) is 11.6 Å². The van der Waals surface area contributed by atoms with E-state index in [-0.39, 0.29) is 5.41 Å². The molecule has 0 unspecified atom stereocenters. The van der Waals surface area contributed by atoms with E-state index in [1.54, 1.807) is 6.07 Å². The van der Waals surface area contributed by atoms with Crippen LogP contribution in [0.1, 0.15) is 38.0 Å². The first-order valence-electron chi connectivity index (χ1n) is 7.22. The Morgan fingerprint density at radius 1 is 1.18 bits per heavy atom. The molecule has 4 heteroatoms. The van der Waals surface area contributed by atoms with Gasteiger partial charge in [-0.25, -0.2) is 9.37 Å². The van der Waals surface area contributed by atoms with E-state index in [4.69, 9.17) is 4.74 Å². The van der Waals surface area contributed by atoms with E-state index in [2.05, 4.69) is 4.98 Å². The van der Waals surface area contributed by atoms with Crippen LogP contribution in [0.4, 0.5) is 4.39 Å². The molecule has 0 aliphatic rings. The van der Waals surface area contributed by atoms with E-state index in [0.29, 0.717) is 22.6 Å². The minimum absolute atomic E-state index is 0.341. The van der Waals surface area contributed by atoms with Gasteiger partial charge in [-0.3, -0.25) is 0 Å². The molecule has 0 spiro atoms.